The van der Waals surface area contributed by atoms with Crippen LogP contribution in [0.15, 0.2) is 24.3 Å². The predicted molar refractivity (Wildman–Crippen MR) is 83.0 cm³/mol. The highest BCUT2D eigenvalue weighted by atomic mass is 16.3. The van der Waals surface area contributed by atoms with Gasteiger partial charge in [0.1, 0.15) is 0 Å². The van der Waals surface area contributed by atoms with Crippen LogP contribution >= 0.6 is 0 Å². The Hall–Kier alpha value is -1.55. The summed E-state index contributed by atoms with van der Waals surface area (Å²) >= 11 is 0. The number of aliphatic hydroxyl groups is 1. The molecular weight excluding hydrogens is 252 g/mol. The molecule has 4 nitrogen and oxygen atoms in total. The van der Waals surface area contributed by atoms with Gasteiger partial charge in [0.05, 0.1) is 12.1 Å². The van der Waals surface area contributed by atoms with E-state index in [0.29, 0.717) is 6.42 Å². The number of likely N-dealkylation sites (N-methyl/N-ethyl adjacent to an activating group) is 1. The molecule has 112 valence electrons. The van der Waals surface area contributed by atoms with Gasteiger partial charge in [-0.05, 0) is 38.0 Å². The fraction of sp³-hybridized carbons (Fsp3) is 0.562. The number of benzene rings is 1. The molecule has 1 N–H and O–H groups in total. The maximum absolute atomic E-state index is 12.1. The van der Waals surface area contributed by atoms with Crippen LogP contribution in [0, 0.1) is 0 Å². The van der Waals surface area contributed by atoms with E-state index < -0.39 is 5.54 Å². The summed E-state index contributed by atoms with van der Waals surface area (Å²) in [6.07, 6.45) is 1.18. The van der Waals surface area contributed by atoms with Crippen molar-refractivity contribution in [1.82, 2.24) is 4.90 Å². The van der Waals surface area contributed by atoms with E-state index in [1.54, 1.807) is 11.9 Å². The molecule has 1 rings (SSSR count). The first-order valence-corrected chi connectivity index (χ1v) is 6.91. The van der Waals surface area contributed by atoms with Gasteiger partial charge in [0, 0.05) is 33.3 Å². The van der Waals surface area contributed by atoms with Crippen LogP contribution in [0.2, 0.25) is 0 Å². The highest BCUT2D eigenvalue weighted by Crippen LogP contribution is 2.16. The van der Waals surface area contributed by atoms with Gasteiger partial charge in [-0.3, -0.25) is 4.79 Å². The molecule has 0 atom stereocenters. The minimum atomic E-state index is -0.508. The van der Waals surface area contributed by atoms with Crippen LogP contribution < -0.4 is 4.90 Å². The second kappa shape index (κ2) is 6.75. The van der Waals surface area contributed by atoms with Gasteiger partial charge in [0.2, 0.25) is 5.91 Å². The molecule has 0 bridgehead atoms. The molecule has 0 aliphatic carbocycles. The predicted octanol–water partition coefficient (Wildman–Crippen LogP) is 1.91. The van der Waals surface area contributed by atoms with Crippen LogP contribution in [0.25, 0.3) is 0 Å². The number of rotatable bonds is 6. The minimum absolute atomic E-state index is 0.0349. The van der Waals surface area contributed by atoms with Crippen molar-refractivity contribution in [3.05, 3.63) is 29.8 Å². The van der Waals surface area contributed by atoms with Crippen LogP contribution in [0.1, 0.15) is 25.8 Å². The molecule has 0 unspecified atom stereocenters. The molecule has 0 saturated carbocycles. The van der Waals surface area contributed by atoms with Crippen LogP contribution in [-0.4, -0.2) is 49.2 Å². The number of hydrogen-bond acceptors (Lipinski definition) is 3. The molecule has 0 aromatic heterocycles. The molecule has 1 amide bonds. The van der Waals surface area contributed by atoms with Gasteiger partial charge in [-0.15, -0.1) is 0 Å². The number of anilines is 1. The number of hydrogen-bond donors (Lipinski definition) is 1. The second-order valence-corrected chi connectivity index (χ2v) is 5.98. The zero-order chi connectivity index (χ0) is 15.3. The Morgan fingerprint density at radius 1 is 1.15 bits per heavy atom. The van der Waals surface area contributed by atoms with Gasteiger partial charge < -0.3 is 14.9 Å². The summed E-state index contributed by atoms with van der Waals surface area (Å²) < 4.78 is 0. The number of aliphatic hydroxyl groups excluding tert-OH is 1. The summed E-state index contributed by atoms with van der Waals surface area (Å²) in [5.74, 6) is 0.0562. The van der Waals surface area contributed by atoms with Gasteiger partial charge in [-0.25, -0.2) is 0 Å². The van der Waals surface area contributed by atoms with Crippen LogP contribution in [0.4, 0.5) is 5.69 Å². The Morgan fingerprint density at radius 3 is 2.15 bits per heavy atom. The van der Waals surface area contributed by atoms with Gasteiger partial charge in [-0.1, -0.05) is 12.1 Å². The first-order valence-electron chi connectivity index (χ1n) is 6.91. The third kappa shape index (κ3) is 4.23. The van der Waals surface area contributed by atoms with E-state index >= 15 is 0 Å². The maximum Gasteiger partial charge on any atom is 0.223 e. The number of carbonyl (C=O) groups excluding carboxylic acids is 1. The Balaban J connectivity index is 2.57. The van der Waals surface area contributed by atoms with E-state index in [9.17, 15) is 9.90 Å². The fourth-order valence-corrected chi connectivity index (χ4v) is 1.82. The molecule has 0 spiro atoms. The lowest BCUT2D eigenvalue weighted by Gasteiger charge is -2.34. The Kier molecular flexibility index (Phi) is 5.57. The van der Waals surface area contributed by atoms with Gasteiger partial charge in [0.15, 0.2) is 0 Å². The Bertz CT molecular complexity index is 438. The monoisotopic (exact) mass is 278 g/mol. The van der Waals surface area contributed by atoms with Gasteiger partial charge >= 0.3 is 0 Å². The highest BCUT2D eigenvalue weighted by molar-refractivity contribution is 5.77. The van der Waals surface area contributed by atoms with E-state index in [0.717, 1.165) is 17.7 Å². The average molecular weight is 278 g/mol. The van der Waals surface area contributed by atoms with Gasteiger partial charge in [-0.2, -0.15) is 0 Å². The minimum Gasteiger partial charge on any atom is -0.394 e. The Morgan fingerprint density at radius 2 is 1.70 bits per heavy atom. The number of aryl methyl sites for hydroxylation is 1. The van der Waals surface area contributed by atoms with Crippen molar-refractivity contribution in [2.75, 3.05) is 32.6 Å². The van der Waals surface area contributed by atoms with Crippen molar-refractivity contribution in [1.29, 1.82) is 0 Å². The molecule has 0 aliphatic rings. The molecule has 0 fully saturated rings. The topological polar surface area (TPSA) is 43.8 Å². The molecule has 0 aliphatic heterocycles. The highest BCUT2D eigenvalue weighted by Gasteiger charge is 2.26. The third-order valence-corrected chi connectivity index (χ3v) is 3.75. The normalized spacial score (nSPS) is 11.3. The molecule has 20 heavy (non-hydrogen) atoms. The maximum atomic E-state index is 12.1. The molecule has 0 saturated heterocycles. The quantitative estimate of drug-likeness (QED) is 0.864. The lowest BCUT2D eigenvalue weighted by Crippen LogP contribution is -2.47. The largest absolute Gasteiger partial charge is 0.394 e. The zero-order valence-electron chi connectivity index (χ0n) is 13.2. The summed E-state index contributed by atoms with van der Waals surface area (Å²) in [4.78, 5) is 15.8. The molecule has 1 aromatic rings. The number of carbonyl (C=O) groups is 1. The first kappa shape index (κ1) is 16.5. The summed E-state index contributed by atoms with van der Waals surface area (Å²) in [7, 11) is 5.75. The number of amides is 1. The van der Waals surface area contributed by atoms with Crippen LogP contribution in [0.5, 0.6) is 0 Å². The Labute approximate surface area is 122 Å². The fourth-order valence-electron chi connectivity index (χ4n) is 1.82. The van der Waals surface area contributed by atoms with Crippen LogP contribution in [-0.2, 0) is 11.2 Å². The molecular formula is C16H26N2O2. The van der Waals surface area contributed by atoms with E-state index in [4.69, 9.17) is 0 Å². The zero-order valence-corrected chi connectivity index (χ0v) is 13.2. The van der Waals surface area contributed by atoms with Crippen molar-refractivity contribution < 1.29 is 9.90 Å². The van der Waals surface area contributed by atoms with E-state index in [-0.39, 0.29) is 12.5 Å². The van der Waals surface area contributed by atoms with Crippen molar-refractivity contribution in [3.8, 4) is 0 Å². The van der Waals surface area contributed by atoms with Crippen molar-refractivity contribution in [3.63, 3.8) is 0 Å². The summed E-state index contributed by atoms with van der Waals surface area (Å²) in [6, 6.07) is 8.22. The van der Waals surface area contributed by atoms with Gasteiger partial charge in [0.25, 0.3) is 0 Å². The summed E-state index contributed by atoms with van der Waals surface area (Å²) in [5.41, 5.74) is 1.80. The third-order valence-electron chi connectivity index (χ3n) is 3.75. The molecule has 4 heteroatoms. The van der Waals surface area contributed by atoms with E-state index in [1.165, 1.54) is 0 Å². The summed E-state index contributed by atoms with van der Waals surface area (Å²) in [5, 5.41) is 9.28. The lowest BCUT2D eigenvalue weighted by atomic mass is 10.0. The summed E-state index contributed by atoms with van der Waals surface area (Å²) in [6.45, 7) is 3.68. The number of nitrogens with zero attached hydrogens (tertiary/aromatic N) is 2. The van der Waals surface area contributed by atoms with Crippen molar-refractivity contribution in [2.24, 2.45) is 0 Å². The van der Waals surface area contributed by atoms with Crippen molar-refractivity contribution >= 4 is 11.6 Å². The first-order chi connectivity index (χ1) is 9.27. The molecule has 0 radical (unpaired) electrons. The second-order valence-electron chi connectivity index (χ2n) is 5.98. The van der Waals surface area contributed by atoms with Crippen LogP contribution in [0.3, 0.4) is 0 Å². The SMILES string of the molecule is CN(C)c1ccc(CCC(=O)N(C)C(C)(C)CO)cc1. The smallest absolute Gasteiger partial charge is 0.223 e. The average Bonchev–Trinajstić information content (AvgIpc) is 2.44. The van der Waals surface area contributed by atoms with Crippen molar-refractivity contribution in [2.45, 2.75) is 32.2 Å². The molecule has 1 aromatic carbocycles. The van der Waals surface area contributed by atoms with E-state index in [1.807, 2.05) is 32.8 Å². The standard InChI is InChI=1S/C16H26N2O2/c1-16(2,12-19)18(5)15(20)11-8-13-6-9-14(10-7-13)17(3)4/h6-7,9-10,19H,8,11-12H2,1-5H3. The molecule has 0 heterocycles. The lowest BCUT2D eigenvalue weighted by molar-refractivity contribution is -0.135. The van der Waals surface area contributed by atoms with E-state index in [2.05, 4.69) is 24.3 Å².